The van der Waals surface area contributed by atoms with Crippen LogP contribution in [0, 0.1) is 5.92 Å². The van der Waals surface area contributed by atoms with Crippen molar-refractivity contribution >= 4 is 22.2 Å². The molecule has 7 heteroatoms. The van der Waals surface area contributed by atoms with Crippen LogP contribution in [0.1, 0.15) is 58.8 Å². The minimum absolute atomic E-state index is 0.0364. The molecule has 1 amide bonds. The zero-order valence-electron chi connectivity index (χ0n) is 15.3. The lowest BCUT2D eigenvalue weighted by atomic mass is 10.0. The Hall–Kier alpha value is -1.18. The maximum absolute atomic E-state index is 12.0. The zero-order chi connectivity index (χ0) is 18.1. The molecule has 1 fully saturated rings. The van der Waals surface area contributed by atoms with Crippen molar-refractivity contribution in [2.75, 3.05) is 18.5 Å². The van der Waals surface area contributed by atoms with Gasteiger partial charge in [0.05, 0.1) is 6.20 Å². The van der Waals surface area contributed by atoms with E-state index in [0.717, 1.165) is 18.8 Å². The number of carbonyl (C=O) groups excluding carboxylic acids is 1. The van der Waals surface area contributed by atoms with Crippen molar-refractivity contribution in [2.45, 2.75) is 70.9 Å². The molecule has 0 saturated heterocycles. The summed E-state index contributed by atoms with van der Waals surface area (Å²) >= 11 is 1.29. The number of nitrogens with one attached hydrogen (secondary N) is 2. The van der Waals surface area contributed by atoms with Crippen LogP contribution < -0.4 is 15.4 Å². The smallest absolute Gasteiger partial charge is 0.275 e. The number of thiazole rings is 1. The van der Waals surface area contributed by atoms with E-state index in [1.54, 1.807) is 6.20 Å². The summed E-state index contributed by atoms with van der Waals surface area (Å²) < 4.78 is 5.48. The molecular formula is C18H31N3O3S. The van der Waals surface area contributed by atoms with Gasteiger partial charge in [0.15, 0.2) is 0 Å². The summed E-state index contributed by atoms with van der Waals surface area (Å²) in [5.74, 6) is 0.863. The molecule has 0 radical (unpaired) electrons. The summed E-state index contributed by atoms with van der Waals surface area (Å²) in [5.41, 5.74) is 0. The van der Waals surface area contributed by atoms with Crippen molar-refractivity contribution < 1.29 is 14.6 Å². The fourth-order valence-corrected chi connectivity index (χ4v) is 3.72. The fourth-order valence-electron chi connectivity index (χ4n) is 3.03. The third kappa shape index (κ3) is 8.16. The second kappa shape index (κ2) is 10.7. The van der Waals surface area contributed by atoms with E-state index in [2.05, 4.69) is 15.6 Å². The molecule has 1 aliphatic rings. The highest BCUT2D eigenvalue weighted by Crippen LogP contribution is 2.29. The van der Waals surface area contributed by atoms with Crippen molar-refractivity contribution in [1.82, 2.24) is 10.3 Å². The van der Waals surface area contributed by atoms with Crippen LogP contribution in [-0.2, 0) is 4.79 Å². The largest absolute Gasteiger partial charge is 0.467 e. The van der Waals surface area contributed by atoms with Gasteiger partial charge in [-0.3, -0.25) is 4.79 Å². The summed E-state index contributed by atoms with van der Waals surface area (Å²) in [5, 5.41) is 17.0. The van der Waals surface area contributed by atoms with Crippen molar-refractivity contribution in [3.63, 3.8) is 0 Å². The predicted molar refractivity (Wildman–Crippen MR) is 101 cm³/mol. The molecule has 2 rings (SSSR count). The van der Waals surface area contributed by atoms with E-state index >= 15 is 0 Å². The van der Waals surface area contributed by atoms with Gasteiger partial charge in [-0.15, -0.1) is 0 Å². The first-order valence-corrected chi connectivity index (χ1v) is 10.1. The Balaban J connectivity index is 1.61. The Labute approximate surface area is 154 Å². The molecule has 1 atom stereocenters. The van der Waals surface area contributed by atoms with E-state index in [-0.39, 0.29) is 12.5 Å². The van der Waals surface area contributed by atoms with Crippen LogP contribution in [0.5, 0.6) is 5.19 Å². The molecule has 1 heterocycles. The second-order valence-electron chi connectivity index (χ2n) is 7.11. The van der Waals surface area contributed by atoms with Crippen LogP contribution >= 0.6 is 11.3 Å². The number of aliphatic hydroxyl groups excluding tert-OH is 1. The molecular weight excluding hydrogens is 338 g/mol. The molecule has 6 nitrogen and oxygen atoms in total. The van der Waals surface area contributed by atoms with Gasteiger partial charge in [0.1, 0.15) is 17.7 Å². The Bertz CT molecular complexity index is 515. The summed E-state index contributed by atoms with van der Waals surface area (Å²) in [6.45, 7) is 4.71. The van der Waals surface area contributed by atoms with Crippen LogP contribution in [-0.4, -0.2) is 41.3 Å². The molecule has 0 bridgehead atoms. The van der Waals surface area contributed by atoms with Gasteiger partial charge in [-0.2, -0.15) is 0 Å². The van der Waals surface area contributed by atoms with E-state index in [9.17, 15) is 9.90 Å². The van der Waals surface area contributed by atoms with Gasteiger partial charge in [-0.1, -0.05) is 50.9 Å². The third-order valence-electron chi connectivity index (χ3n) is 4.40. The molecule has 142 valence electrons. The van der Waals surface area contributed by atoms with Gasteiger partial charge < -0.3 is 20.5 Å². The van der Waals surface area contributed by atoms with Gasteiger partial charge in [0.2, 0.25) is 5.91 Å². The maximum atomic E-state index is 12.0. The van der Waals surface area contributed by atoms with Crippen molar-refractivity contribution in [3.05, 3.63) is 6.20 Å². The Morgan fingerprint density at radius 1 is 1.44 bits per heavy atom. The zero-order valence-corrected chi connectivity index (χ0v) is 16.1. The Morgan fingerprint density at radius 2 is 2.20 bits per heavy atom. The van der Waals surface area contributed by atoms with E-state index in [1.807, 2.05) is 13.8 Å². The average Bonchev–Trinajstić information content (AvgIpc) is 3.23. The first-order valence-electron chi connectivity index (χ1n) is 9.33. The average molecular weight is 370 g/mol. The van der Waals surface area contributed by atoms with Gasteiger partial charge in [0.25, 0.3) is 5.19 Å². The van der Waals surface area contributed by atoms with Gasteiger partial charge in [0, 0.05) is 19.0 Å². The normalized spacial score (nSPS) is 16.3. The molecule has 0 aliphatic heterocycles. The molecule has 1 unspecified atom stereocenters. The molecule has 25 heavy (non-hydrogen) atoms. The van der Waals surface area contributed by atoms with Crippen LogP contribution in [0.3, 0.4) is 0 Å². The van der Waals surface area contributed by atoms with E-state index in [1.165, 1.54) is 37.0 Å². The van der Waals surface area contributed by atoms with Crippen molar-refractivity contribution in [1.29, 1.82) is 0 Å². The summed E-state index contributed by atoms with van der Waals surface area (Å²) in [6, 6.07) is 0.324. The number of hydrogen-bond donors (Lipinski definition) is 3. The van der Waals surface area contributed by atoms with E-state index < -0.39 is 6.10 Å². The highest BCUT2D eigenvalue weighted by atomic mass is 32.1. The first kappa shape index (κ1) is 20.1. The van der Waals surface area contributed by atoms with Gasteiger partial charge in [-0.05, 0) is 18.8 Å². The Kier molecular flexibility index (Phi) is 8.64. The molecule has 0 aromatic carbocycles. The fraction of sp³-hybridized carbons (Fsp3) is 0.778. The van der Waals surface area contributed by atoms with Crippen molar-refractivity contribution in [2.24, 2.45) is 5.92 Å². The molecule has 1 aliphatic carbocycles. The number of anilines is 1. The SMILES string of the molecule is CC(C)NCC(O)COc1ncc(NC(=O)CCCC2CCCC2)s1. The molecule has 0 spiro atoms. The number of ether oxygens (including phenoxy) is 1. The van der Waals surface area contributed by atoms with Gasteiger partial charge in [-0.25, -0.2) is 4.98 Å². The lowest BCUT2D eigenvalue weighted by Crippen LogP contribution is -2.35. The summed E-state index contributed by atoms with van der Waals surface area (Å²) in [7, 11) is 0. The van der Waals surface area contributed by atoms with Gasteiger partial charge >= 0.3 is 0 Å². The number of nitrogens with zero attached hydrogens (tertiary/aromatic N) is 1. The standard InChI is InChI=1S/C18H31N3O3S/c1-13(2)19-10-15(22)12-24-18-20-11-17(25-18)21-16(23)9-5-8-14-6-3-4-7-14/h11,13-15,19,22H,3-10,12H2,1-2H3,(H,21,23). The monoisotopic (exact) mass is 369 g/mol. The number of amides is 1. The van der Waals surface area contributed by atoms with Crippen LogP contribution in [0.15, 0.2) is 6.20 Å². The number of rotatable bonds is 11. The number of aliphatic hydroxyl groups is 1. The molecule has 1 saturated carbocycles. The predicted octanol–water partition coefficient (Wildman–Crippen LogP) is 3.18. The maximum Gasteiger partial charge on any atom is 0.275 e. The lowest BCUT2D eigenvalue weighted by Gasteiger charge is -2.13. The highest BCUT2D eigenvalue weighted by molar-refractivity contribution is 7.17. The lowest BCUT2D eigenvalue weighted by molar-refractivity contribution is -0.116. The Morgan fingerprint density at radius 3 is 2.92 bits per heavy atom. The quantitative estimate of drug-likeness (QED) is 0.558. The molecule has 1 aromatic heterocycles. The summed E-state index contributed by atoms with van der Waals surface area (Å²) in [6.07, 6.45) is 9.05. The molecule has 1 aromatic rings. The topological polar surface area (TPSA) is 83.5 Å². The van der Waals surface area contributed by atoms with Crippen LogP contribution in [0.4, 0.5) is 5.00 Å². The van der Waals surface area contributed by atoms with Crippen LogP contribution in [0.2, 0.25) is 0 Å². The first-order chi connectivity index (χ1) is 12.0. The third-order valence-corrected chi connectivity index (χ3v) is 5.22. The highest BCUT2D eigenvalue weighted by Gasteiger charge is 2.15. The van der Waals surface area contributed by atoms with E-state index in [0.29, 0.717) is 29.2 Å². The minimum atomic E-state index is -0.583. The van der Waals surface area contributed by atoms with Crippen molar-refractivity contribution in [3.8, 4) is 5.19 Å². The van der Waals surface area contributed by atoms with E-state index in [4.69, 9.17) is 4.74 Å². The van der Waals surface area contributed by atoms with Crippen LogP contribution in [0.25, 0.3) is 0 Å². The number of aromatic nitrogens is 1. The second-order valence-corrected chi connectivity index (χ2v) is 8.10. The number of hydrogen-bond acceptors (Lipinski definition) is 6. The number of carbonyl (C=O) groups is 1. The molecule has 3 N–H and O–H groups in total. The minimum Gasteiger partial charge on any atom is -0.467 e. The summed E-state index contributed by atoms with van der Waals surface area (Å²) in [4.78, 5) is 16.1.